The molecule has 0 saturated heterocycles. The van der Waals surface area contributed by atoms with E-state index < -0.39 is 0 Å². The second-order valence-electron chi connectivity index (χ2n) is 1.51. The molecule has 0 aliphatic rings. The van der Waals surface area contributed by atoms with Gasteiger partial charge in [0.05, 0.1) is 0 Å². The minimum absolute atomic E-state index is 0.175. The molecule has 1 heteroatoms. The molecule has 0 saturated carbocycles. The summed E-state index contributed by atoms with van der Waals surface area (Å²) in [7, 11) is 0.175. The molecule has 0 heterocycles. The van der Waals surface area contributed by atoms with Crippen LogP contribution in [0, 0.1) is 0 Å². The third-order valence-corrected chi connectivity index (χ3v) is 2.45. The van der Waals surface area contributed by atoms with Gasteiger partial charge in [0.25, 0.3) is 0 Å². The van der Waals surface area contributed by atoms with Crippen molar-refractivity contribution in [3.63, 3.8) is 0 Å². The van der Waals surface area contributed by atoms with Crippen LogP contribution in [0.2, 0.25) is 12.1 Å². The van der Waals surface area contributed by atoms with E-state index in [0.29, 0.717) is 0 Å². The Balaban J connectivity index is 2.68. The van der Waals surface area contributed by atoms with Gasteiger partial charge in [-0.2, -0.15) is 0 Å². The first-order chi connectivity index (χ1) is 3.41. The monoisotopic (exact) mass is 112 g/mol. The number of rotatable bonds is 4. The first-order valence-corrected chi connectivity index (χ1v) is 4.63. The molecular weight excluding hydrogens is 100 g/mol. The summed E-state index contributed by atoms with van der Waals surface area (Å²) in [6, 6.07) is 2.51. The Morgan fingerprint density at radius 3 is 1.86 bits per heavy atom. The highest BCUT2D eigenvalue weighted by molar-refractivity contribution is 6.36. The molecule has 0 N–H and O–H groups in total. The van der Waals surface area contributed by atoms with E-state index in [-0.39, 0.29) is 9.52 Å². The van der Waals surface area contributed by atoms with E-state index in [0.717, 1.165) is 0 Å². The molecule has 0 bridgehead atoms. The lowest BCUT2D eigenvalue weighted by atomic mass is 10.7. The molecule has 0 fully saturated rings. The van der Waals surface area contributed by atoms with Crippen LogP contribution >= 0.6 is 0 Å². The van der Waals surface area contributed by atoms with Gasteiger partial charge in [0.2, 0.25) is 0 Å². The van der Waals surface area contributed by atoms with Gasteiger partial charge in [-0.1, -0.05) is 12.2 Å². The highest BCUT2D eigenvalue weighted by atomic mass is 28.2. The zero-order valence-corrected chi connectivity index (χ0v) is 6.10. The summed E-state index contributed by atoms with van der Waals surface area (Å²) in [5.74, 6) is 0. The first-order valence-electron chi connectivity index (χ1n) is 2.63. The van der Waals surface area contributed by atoms with Crippen LogP contribution in [0.4, 0.5) is 0 Å². The zero-order chi connectivity index (χ0) is 5.54. The number of hydrogen-bond acceptors (Lipinski definition) is 0. The fourth-order valence-corrected chi connectivity index (χ4v) is 1.22. The summed E-state index contributed by atoms with van der Waals surface area (Å²) in [6.07, 6.45) is 3.99. The van der Waals surface area contributed by atoms with Crippen molar-refractivity contribution in [2.45, 2.75) is 12.1 Å². The van der Waals surface area contributed by atoms with Gasteiger partial charge in [-0.3, -0.25) is 0 Å². The minimum atomic E-state index is 0.175. The van der Waals surface area contributed by atoms with Crippen LogP contribution < -0.4 is 0 Å². The predicted molar refractivity (Wildman–Crippen MR) is 38.6 cm³/mol. The Morgan fingerprint density at radius 1 is 1.14 bits per heavy atom. The third kappa shape index (κ3) is 5.70. The normalized spacial score (nSPS) is 8.00. The lowest BCUT2D eigenvalue weighted by Gasteiger charge is -1.82. The van der Waals surface area contributed by atoms with Gasteiger partial charge in [-0.05, 0) is 12.1 Å². The van der Waals surface area contributed by atoms with Crippen molar-refractivity contribution in [1.82, 2.24) is 0 Å². The molecule has 0 aromatic carbocycles. The van der Waals surface area contributed by atoms with Crippen LogP contribution in [0.15, 0.2) is 25.3 Å². The summed E-state index contributed by atoms with van der Waals surface area (Å²) in [5.41, 5.74) is 0. The second kappa shape index (κ2) is 5.70. The molecule has 0 aliphatic carbocycles. The van der Waals surface area contributed by atoms with Crippen molar-refractivity contribution in [3.8, 4) is 0 Å². The lowest BCUT2D eigenvalue weighted by molar-refractivity contribution is 1.60. The Kier molecular flexibility index (Phi) is 5.45. The average Bonchev–Trinajstić information content (AvgIpc) is 1.69. The molecule has 0 atom stereocenters. The SMILES string of the molecule is C=CC[SiH2]CC=C. The molecule has 0 radical (unpaired) electrons. The van der Waals surface area contributed by atoms with E-state index in [9.17, 15) is 0 Å². The molecule has 40 valence electrons. The largest absolute Gasteiger partial charge is 0.103 e. The molecule has 0 nitrogen and oxygen atoms in total. The molecule has 0 spiro atoms. The molecule has 7 heavy (non-hydrogen) atoms. The Hall–Kier alpha value is -0.303. The molecule has 0 aliphatic heterocycles. The Morgan fingerprint density at radius 2 is 1.57 bits per heavy atom. The van der Waals surface area contributed by atoms with Crippen molar-refractivity contribution >= 4 is 9.52 Å². The third-order valence-electron chi connectivity index (χ3n) is 0.816. The van der Waals surface area contributed by atoms with Gasteiger partial charge in [-0.25, -0.2) is 0 Å². The maximum atomic E-state index is 3.63. The Bertz CT molecular complexity index is 49.2. The van der Waals surface area contributed by atoms with Gasteiger partial charge in [0.15, 0.2) is 0 Å². The van der Waals surface area contributed by atoms with Crippen LogP contribution in [0.3, 0.4) is 0 Å². The van der Waals surface area contributed by atoms with Crippen molar-refractivity contribution < 1.29 is 0 Å². The van der Waals surface area contributed by atoms with Gasteiger partial charge < -0.3 is 0 Å². The lowest BCUT2D eigenvalue weighted by Crippen LogP contribution is -1.79. The van der Waals surface area contributed by atoms with Gasteiger partial charge in [0, 0.05) is 9.52 Å². The predicted octanol–water partition coefficient (Wildman–Crippen LogP) is 1.36. The zero-order valence-electron chi connectivity index (χ0n) is 4.69. The molecular formula is C6H12Si. The fourth-order valence-electron chi connectivity index (χ4n) is 0.407. The van der Waals surface area contributed by atoms with Crippen LogP contribution in [0.5, 0.6) is 0 Å². The van der Waals surface area contributed by atoms with Crippen LogP contribution in [-0.2, 0) is 0 Å². The van der Waals surface area contributed by atoms with E-state index in [4.69, 9.17) is 0 Å². The standard InChI is InChI=1S/C6H12Si/c1-3-5-7-6-4-2/h3-4H,1-2,5-7H2. The van der Waals surface area contributed by atoms with Crippen molar-refractivity contribution in [3.05, 3.63) is 25.3 Å². The summed E-state index contributed by atoms with van der Waals surface area (Å²) < 4.78 is 0. The van der Waals surface area contributed by atoms with E-state index in [1.807, 2.05) is 12.2 Å². The second-order valence-corrected chi connectivity index (χ2v) is 3.37. The van der Waals surface area contributed by atoms with Crippen molar-refractivity contribution in [1.29, 1.82) is 0 Å². The van der Waals surface area contributed by atoms with Crippen LogP contribution in [-0.4, -0.2) is 9.52 Å². The minimum Gasteiger partial charge on any atom is -0.103 e. The summed E-state index contributed by atoms with van der Waals surface area (Å²) in [6.45, 7) is 7.27. The fraction of sp³-hybridized carbons (Fsp3) is 0.333. The van der Waals surface area contributed by atoms with Gasteiger partial charge >= 0.3 is 0 Å². The summed E-state index contributed by atoms with van der Waals surface area (Å²) in [4.78, 5) is 0. The molecule has 0 rings (SSSR count). The topological polar surface area (TPSA) is 0 Å². The number of hydrogen-bond donors (Lipinski definition) is 0. The summed E-state index contributed by atoms with van der Waals surface area (Å²) >= 11 is 0. The maximum Gasteiger partial charge on any atom is 0.0280 e. The maximum absolute atomic E-state index is 3.63. The highest BCUT2D eigenvalue weighted by Gasteiger charge is 1.75. The molecule has 0 unspecified atom stereocenters. The van der Waals surface area contributed by atoms with Gasteiger partial charge in [-0.15, -0.1) is 13.2 Å². The highest BCUT2D eigenvalue weighted by Crippen LogP contribution is 1.84. The van der Waals surface area contributed by atoms with Gasteiger partial charge in [0.1, 0.15) is 0 Å². The smallest absolute Gasteiger partial charge is 0.0280 e. The first kappa shape index (κ1) is 6.70. The van der Waals surface area contributed by atoms with E-state index in [1.165, 1.54) is 12.1 Å². The van der Waals surface area contributed by atoms with Crippen molar-refractivity contribution in [2.24, 2.45) is 0 Å². The van der Waals surface area contributed by atoms with Crippen LogP contribution in [0.1, 0.15) is 0 Å². The van der Waals surface area contributed by atoms with E-state index >= 15 is 0 Å². The molecule has 0 amide bonds. The van der Waals surface area contributed by atoms with Crippen molar-refractivity contribution in [2.75, 3.05) is 0 Å². The van der Waals surface area contributed by atoms with Crippen LogP contribution in [0.25, 0.3) is 0 Å². The van der Waals surface area contributed by atoms with E-state index in [2.05, 4.69) is 13.2 Å². The Labute approximate surface area is 47.8 Å². The van der Waals surface area contributed by atoms with E-state index in [1.54, 1.807) is 0 Å². The average molecular weight is 112 g/mol. The molecule has 0 aromatic heterocycles. The summed E-state index contributed by atoms with van der Waals surface area (Å²) in [5, 5.41) is 0. The quantitative estimate of drug-likeness (QED) is 0.293. The number of allylic oxidation sites excluding steroid dienone is 2. The molecule has 0 aromatic rings.